The van der Waals surface area contributed by atoms with Gasteiger partial charge in [0.05, 0.1) is 7.11 Å². The van der Waals surface area contributed by atoms with Crippen molar-refractivity contribution in [3.05, 3.63) is 59.9 Å². The molecule has 0 heterocycles. The number of hydrogen-bond acceptors (Lipinski definition) is 4. The second kappa shape index (κ2) is 8.52. The molecule has 2 N–H and O–H groups in total. The van der Waals surface area contributed by atoms with Gasteiger partial charge in [0.15, 0.2) is 11.5 Å². The summed E-state index contributed by atoms with van der Waals surface area (Å²) in [4.78, 5) is 23.4. The van der Waals surface area contributed by atoms with Gasteiger partial charge in [-0.25, -0.2) is 14.0 Å². The second-order valence-corrected chi connectivity index (χ2v) is 4.79. The van der Waals surface area contributed by atoms with Gasteiger partial charge in [-0.1, -0.05) is 24.3 Å². The molecule has 0 saturated heterocycles. The molecule has 7 heteroatoms. The van der Waals surface area contributed by atoms with Crippen molar-refractivity contribution < 1.29 is 23.5 Å². The molecule has 0 bridgehead atoms. The minimum Gasteiger partial charge on any atom is -0.493 e. The lowest BCUT2D eigenvalue weighted by molar-refractivity contribution is -0.133. The lowest BCUT2D eigenvalue weighted by Gasteiger charge is -2.10. The van der Waals surface area contributed by atoms with Gasteiger partial charge in [-0.3, -0.25) is 0 Å². The summed E-state index contributed by atoms with van der Waals surface area (Å²) in [5.74, 6) is -0.274. The van der Waals surface area contributed by atoms with Crippen molar-refractivity contribution in [2.75, 3.05) is 13.7 Å². The van der Waals surface area contributed by atoms with Crippen LogP contribution in [0.25, 0.3) is 0 Å². The monoisotopic (exact) mass is 332 g/mol. The van der Waals surface area contributed by atoms with Crippen LogP contribution in [0.2, 0.25) is 0 Å². The zero-order valence-corrected chi connectivity index (χ0v) is 13.0. The van der Waals surface area contributed by atoms with Crippen LogP contribution in [-0.4, -0.2) is 25.7 Å². The van der Waals surface area contributed by atoms with Gasteiger partial charge in [-0.05, 0) is 29.8 Å². The Kier molecular flexibility index (Phi) is 6.13. The van der Waals surface area contributed by atoms with Gasteiger partial charge in [0.25, 0.3) is 0 Å². The third-order valence-electron chi connectivity index (χ3n) is 3.05. The van der Waals surface area contributed by atoms with E-state index in [-0.39, 0.29) is 24.7 Å². The fraction of sp³-hybridized carbons (Fsp3) is 0.176. The second-order valence-electron chi connectivity index (χ2n) is 4.79. The van der Waals surface area contributed by atoms with E-state index in [4.69, 9.17) is 9.47 Å². The molecule has 2 aromatic carbocycles. The van der Waals surface area contributed by atoms with Crippen LogP contribution in [0.1, 0.15) is 5.56 Å². The first-order valence-corrected chi connectivity index (χ1v) is 7.18. The van der Waals surface area contributed by atoms with E-state index in [2.05, 4.69) is 10.6 Å². The van der Waals surface area contributed by atoms with E-state index in [1.54, 1.807) is 36.4 Å². The van der Waals surface area contributed by atoms with Crippen LogP contribution >= 0.6 is 0 Å². The normalized spacial score (nSPS) is 9.92. The highest BCUT2D eigenvalue weighted by atomic mass is 19.1. The van der Waals surface area contributed by atoms with Gasteiger partial charge >= 0.3 is 12.0 Å². The van der Waals surface area contributed by atoms with Gasteiger partial charge in [-0.2, -0.15) is 0 Å². The average Bonchev–Trinajstić information content (AvgIpc) is 2.60. The molecule has 24 heavy (non-hydrogen) atoms. The van der Waals surface area contributed by atoms with E-state index in [0.29, 0.717) is 5.75 Å². The van der Waals surface area contributed by atoms with E-state index in [9.17, 15) is 14.0 Å². The lowest BCUT2D eigenvalue weighted by Crippen LogP contribution is -2.39. The van der Waals surface area contributed by atoms with Gasteiger partial charge in [0, 0.05) is 6.54 Å². The maximum Gasteiger partial charge on any atom is 0.331 e. The summed E-state index contributed by atoms with van der Waals surface area (Å²) in [5, 5.41) is 4.94. The largest absolute Gasteiger partial charge is 0.493 e. The molecule has 0 radical (unpaired) electrons. The van der Waals surface area contributed by atoms with E-state index in [0.717, 1.165) is 5.56 Å². The van der Waals surface area contributed by atoms with Crippen molar-refractivity contribution in [2.45, 2.75) is 6.54 Å². The van der Waals surface area contributed by atoms with Crippen molar-refractivity contribution in [1.29, 1.82) is 0 Å². The fourth-order valence-electron chi connectivity index (χ4n) is 1.86. The molecule has 126 valence electrons. The summed E-state index contributed by atoms with van der Waals surface area (Å²) in [6.45, 7) is -0.0824. The molecule has 0 aliphatic carbocycles. The average molecular weight is 332 g/mol. The van der Waals surface area contributed by atoms with E-state index >= 15 is 0 Å². The van der Waals surface area contributed by atoms with Crippen LogP contribution in [0, 0.1) is 5.82 Å². The molecule has 0 spiro atoms. The summed E-state index contributed by atoms with van der Waals surface area (Å²) in [5.41, 5.74) is 0.739. The third-order valence-corrected chi connectivity index (χ3v) is 3.05. The molecule has 0 aromatic heterocycles. The summed E-state index contributed by atoms with van der Waals surface area (Å²) < 4.78 is 22.9. The number of amides is 2. The smallest absolute Gasteiger partial charge is 0.331 e. The molecule has 0 aliphatic rings. The van der Waals surface area contributed by atoms with Crippen LogP contribution in [0.15, 0.2) is 48.5 Å². The van der Waals surface area contributed by atoms with Gasteiger partial charge in [0.1, 0.15) is 12.4 Å². The van der Waals surface area contributed by atoms with Crippen LogP contribution in [-0.2, 0) is 11.3 Å². The number of methoxy groups -OCH3 is 1. The Balaban J connectivity index is 1.74. The van der Waals surface area contributed by atoms with Crippen LogP contribution < -0.4 is 20.1 Å². The highest BCUT2D eigenvalue weighted by molar-refractivity contribution is 5.82. The minimum absolute atomic E-state index is 0.216. The molecule has 0 atom stereocenters. The quantitative estimate of drug-likeness (QED) is 0.628. The van der Waals surface area contributed by atoms with Crippen molar-refractivity contribution in [3.8, 4) is 11.5 Å². The Morgan fingerprint density at radius 3 is 2.33 bits per heavy atom. The number of ether oxygens (including phenoxy) is 2. The molecule has 0 aliphatic heterocycles. The number of carbonyl (C=O) groups is 2. The van der Waals surface area contributed by atoms with Crippen molar-refractivity contribution in [3.63, 3.8) is 0 Å². The Bertz CT molecular complexity index is 704. The van der Waals surface area contributed by atoms with Gasteiger partial charge in [0.2, 0.25) is 0 Å². The number of esters is 1. The van der Waals surface area contributed by atoms with Crippen molar-refractivity contribution >= 4 is 12.0 Å². The number of carbonyl (C=O) groups excluding carboxylic acids is 2. The molecule has 0 saturated carbocycles. The maximum absolute atomic E-state index is 12.8. The number of para-hydroxylation sites is 2. The molecule has 2 aromatic rings. The molecule has 6 nitrogen and oxygen atoms in total. The first-order valence-electron chi connectivity index (χ1n) is 7.18. The first-order chi connectivity index (χ1) is 11.6. The van der Waals surface area contributed by atoms with E-state index in [1.165, 1.54) is 19.2 Å². The fourth-order valence-corrected chi connectivity index (χ4v) is 1.86. The molecule has 0 fully saturated rings. The summed E-state index contributed by atoms with van der Waals surface area (Å²) in [7, 11) is 1.47. The van der Waals surface area contributed by atoms with Gasteiger partial charge < -0.3 is 20.1 Å². The van der Waals surface area contributed by atoms with Crippen LogP contribution in [0.4, 0.5) is 9.18 Å². The Labute approximate surface area is 138 Å². The molecule has 2 rings (SSSR count). The number of rotatable bonds is 6. The number of nitrogens with one attached hydrogen (secondary N) is 2. The maximum atomic E-state index is 12.8. The van der Waals surface area contributed by atoms with Crippen molar-refractivity contribution in [1.82, 2.24) is 10.6 Å². The molecular formula is C17H17FN2O4. The van der Waals surface area contributed by atoms with Crippen LogP contribution in [0.5, 0.6) is 11.5 Å². The minimum atomic E-state index is -0.628. The summed E-state index contributed by atoms with van der Waals surface area (Å²) in [6, 6.07) is 11.9. The van der Waals surface area contributed by atoms with E-state index < -0.39 is 12.0 Å². The highest BCUT2D eigenvalue weighted by Gasteiger charge is 2.10. The molecule has 2 amide bonds. The Hall–Kier alpha value is -3.09. The predicted octanol–water partition coefficient (Wildman–Crippen LogP) is 2.24. The summed E-state index contributed by atoms with van der Waals surface area (Å²) in [6.07, 6.45) is 0. The summed E-state index contributed by atoms with van der Waals surface area (Å²) >= 11 is 0. The zero-order chi connectivity index (χ0) is 17.4. The topological polar surface area (TPSA) is 76.7 Å². The number of urea groups is 1. The Morgan fingerprint density at radius 2 is 1.67 bits per heavy atom. The Morgan fingerprint density at radius 1 is 1.00 bits per heavy atom. The lowest BCUT2D eigenvalue weighted by atomic mass is 10.2. The zero-order valence-electron chi connectivity index (χ0n) is 13.0. The van der Waals surface area contributed by atoms with Crippen molar-refractivity contribution in [2.24, 2.45) is 0 Å². The number of benzene rings is 2. The standard InChI is InChI=1S/C17H17FN2O4/c1-23-14-4-2-3-5-15(14)24-16(21)11-20-17(22)19-10-12-6-8-13(18)9-7-12/h2-9H,10-11H2,1H3,(H2,19,20,22). The SMILES string of the molecule is COc1ccccc1OC(=O)CNC(=O)NCc1ccc(F)cc1. The molecular weight excluding hydrogens is 315 g/mol. The first kappa shape index (κ1) is 17.3. The van der Waals surface area contributed by atoms with Crippen LogP contribution in [0.3, 0.4) is 0 Å². The van der Waals surface area contributed by atoms with Gasteiger partial charge in [-0.15, -0.1) is 0 Å². The predicted molar refractivity (Wildman–Crippen MR) is 85.3 cm³/mol. The third kappa shape index (κ3) is 5.28. The number of halogens is 1. The van der Waals surface area contributed by atoms with E-state index in [1.807, 2.05) is 0 Å². The molecule has 0 unspecified atom stereocenters. The highest BCUT2D eigenvalue weighted by Crippen LogP contribution is 2.25. The number of hydrogen-bond donors (Lipinski definition) is 2.